The van der Waals surface area contributed by atoms with E-state index >= 15 is 0 Å². The topological polar surface area (TPSA) is 53.2 Å². The molecule has 0 saturated carbocycles. The van der Waals surface area contributed by atoms with E-state index in [1.54, 1.807) is 6.07 Å². The molecule has 112 valence electrons. The summed E-state index contributed by atoms with van der Waals surface area (Å²) in [5.41, 5.74) is 0.343. The van der Waals surface area contributed by atoms with Crippen LogP contribution in [0, 0.1) is 17.1 Å². The number of hydrogen-bond acceptors (Lipinski definition) is 3. The fourth-order valence-electron chi connectivity index (χ4n) is 2.50. The number of hydrogen-bond donors (Lipinski definition) is 1. The fraction of sp³-hybridized carbons (Fsp3) is 0.188. The summed E-state index contributed by atoms with van der Waals surface area (Å²) in [7, 11) is 0. The van der Waals surface area contributed by atoms with Crippen molar-refractivity contribution in [2.24, 2.45) is 0 Å². The van der Waals surface area contributed by atoms with E-state index in [4.69, 9.17) is 10.00 Å². The van der Waals surface area contributed by atoms with Crippen LogP contribution in [-0.4, -0.2) is 11.0 Å². The molecular weight excluding hydrogens is 295 g/mol. The molecule has 0 aromatic heterocycles. The summed E-state index contributed by atoms with van der Waals surface area (Å²) < 4.78 is 46.1. The first-order chi connectivity index (χ1) is 10.4. The second kappa shape index (κ2) is 5.04. The van der Waals surface area contributed by atoms with Crippen molar-refractivity contribution in [1.29, 1.82) is 5.26 Å². The highest BCUT2D eigenvalue weighted by Crippen LogP contribution is 2.47. The van der Waals surface area contributed by atoms with Gasteiger partial charge in [-0.05, 0) is 23.8 Å². The van der Waals surface area contributed by atoms with Crippen molar-refractivity contribution >= 4 is 0 Å². The second-order valence-electron chi connectivity index (χ2n) is 5.05. The molecule has 0 radical (unpaired) electrons. The predicted octanol–water partition coefficient (Wildman–Crippen LogP) is 3.71. The Morgan fingerprint density at radius 3 is 2.77 bits per heavy atom. The average molecular weight is 305 g/mol. The molecule has 0 spiro atoms. The van der Waals surface area contributed by atoms with Gasteiger partial charge in [-0.3, -0.25) is 0 Å². The lowest BCUT2D eigenvalue weighted by Crippen LogP contribution is -2.21. The molecule has 6 heteroatoms. The van der Waals surface area contributed by atoms with Gasteiger partial charge >= 0.3 is 0 Å². The number of fused-ring (bicyclic) bond motifs is 1. The molecule has 2 aromatic rings. The zero-order chi connectivity index (χ0) is 15.9. The number of aliphatic hydroxyl groups is 1. The van der Waals surface area contributed by atoms with E-state index in [0.717, 1.165) is 12.1 Å². The largest absolute Gasteiger partial charge is 0.457 e. The molecule has 0 bridgehead atoms. The van der Waals surface area contributed by atoms with E-state index in [1.165, 1.54) is 24.3 Å². The maximum atomic E-state index is 13.6. The van der Waals surface area contributed by atoms with E-state index < -0.39 is 24.3 Å². The number of nitrogens with zero attached hydrogens (tertiary/aromatic N) is 1. The summed E-state index contributed by atoms with van der Waals surface area (Å²) in [5.74, 6) is -3.77. The third-order valence-electron chi connectivity index (χ3n) is 3.50. The van der Waals surface area contributed by atoms with Crippen LogP contribution >= 0.6 is 0 Å². The van der Waals surface area contributed by atoms with E-state index in [0.29, 0.717) is 0 Å². The summed E-state index contributed by atoms with van der Waals surface area (Å²) in [4.78, 5) is 0. The number of nitriles is 1. The van der Waals surface area contributed by atoms with Crippen LogP contribution in [0.2, 0.25) is 0 Å². The molecule has 3 rings (SSSR count). The van der Waals surface area contributed by atoms with Gasteiger partial charge in [0.2, 0.25) is 0 Å². The maximum absolute atomic E-state index is 13.6. The van der Waals surface area contributed by atoms with Gasteiger partial charge in [-0.25, -0.2) is 13.2 Å². The average Bonchev–Trinajstić information content (AvgIpc) is 2.70. The van der Waals surface area contributed by atoms with Crippen LogP contribution in [0.1, 0.15) is 22.8 Å². The summed E-state index contributed by atoms with van der Waals surface area (Å²) >= 11 is 0. The minimum Gasteiger partial charge on any atom is -0.457 e. The Balaban J connectivity index is 2.00. The monoisotopic (exact) mass is 305 g/mol. The quantitative estimate of drug-likeness (QED) is 0.920. The van der Waals surface area contributed by atoms with E-state index in [2.05, 4.69) is 0 Å². The van der Waals surface area contributed by atoms with Crippen LogP contribution in [0.4, 0.5) is 13.2 Å². The van der Waals surface area contributed by atoms with Crippen molar-refractivity contribution in [1.82, 2.24) is 0 Å². The van der Waals surface area contributed by atoms with E-state index in [1.807, 2.05) is 0 Å². The van der Waals surface area contributed by atoms with Crippen molar-refractivity contribution < 1.29 is 23.0 Å². The molecule has 0 heterocycles. The molecule has 1 atom stereocenters. The molecule has 1 aliphatic rings. The predicted molar refractivity (Wildman–Crippen MR) is 71.2 cm³/mol. The Hall–Kier alpha value is -2.52. The van der Waals surface area contributed by atoms with Gasteiger partial charge < -0.3 is 9.84 Å². The van der Waals surface area contributed by atoms with Gasteiger partial charge in [0.1, 0.15) is 23.4 Å². The minimum absolute atomic E-state index is 0.0367. The number of rotatable bonds is 2. The lowest BCUT2D eigenvalue weighted by molar-refractivity contribution is -0.0968. The highest BCUT2D eigenvalue weighted by Gasteiger charge is 2.47. The minimum atomic E-state index is -3.26. The second-order valence-corrected chi connectivity index (χ2v) is 5.05. The Bertz CT molecular complexity index is 783. The van der Waals surface area contributed by atoms with Crippen molar-refractivity contribution in [2.75, 3.05) is 0 Å². The van der Waals surface area contributed by atoms with Crippen LogP contribution in [0.3, 0.4) is 0 Å². The van der Waals surface area contributed by atoms with Crippen LogP contribution < -0.4 is 4.74 Å². The first kappa shape index (κ1) is 14.4. The Morgan fingerprint density at radius 1 is 1.27 bits per heavy atom. The molecule has 22 heavy (non-hydrogen) atoms. The third-order valence-corrected chi connectivity index (χ3v) is 3.50. The zero-order valence-electron chi connectivity index (χ0n) is 11.2. The molecular formula is C16H10F3NO2. The van der Waals surface area contributed by atoms with Crippen molar-refractivity contribution in [2.45, 2.75) is 18.4 Å². The summed E-state index contributed by atoms with van der Waals surface area (Å²) in [6, 6.07) is 9.54. The first-order valence-corrected chi connectivity index (χ1v) is 6.47. The molecule has 0 aliphatic heterocycles. The van der Waals surface area contributed by atoms with E-state index in [9.17, 15) is 18.3 Å². The van der Waals surface area contributed by atoms with Crippen LogP contribution in [0.25, 0.3) is 0 Å². The van der Waals surface area contributed by atoms with Gasteiger partial charge in [0.15, 0.2) is 0 Å². The molecule has 1 N–H and O–H groups in total. The smallest absolute Gasteiger partial charge is 0.281 e. The Kier molecular flexibility index (Phi) is 3.30. The van der Waals surface area contributed by atoms with Gasteiger partial charge in [-0.2, -0.15) is 5.26 Å². The van der Waals surface area contributed by atoms with Gasteiger partial charge in [-0.15, -0.1) is 0 Å². The zero-order valence-corrected chi connectivity index (χ0v) is 11.2. The number of ether oxygens (including phenoxy) is 1. The molecule has 0 unspecified atom stereocenters. The summed E-state index contributed by atoms with van der Waals surface area (Å²) in [6.45, 7) is 0. The highest BCUT2D eigenvalue weighted by atomic mass is 19.3. The van der Waals surface area contributed by atoms with E-state index in [-0.39, 0.29) is 28.2 Å². The molecule has 0 fully saturated rings. The SMILES string of the molecule is N#Cc1cc(F)cc(Oc2cccc3c2CC(F)(F)[C@H]3O)c1. The normalized spacial score (nSPS) is 18.6. The summed E-state index contributed by atoms with van der Waals surface area (Å²) in [6.07, 6.45) is -2.53. The molecule has 2 aromatic carbocycles. The number of halogens is 3. The number of alkyl halides is 2. The van der Waals surface area contributed by atoms with Crippen LogP contribution in [-0.2, 0) is 6.42 Å². The van der Waals surface area contributed by atoms with Gasteiger partial charge in [0, 0.05) is 18.1 Å². The Labute approximate surface area is 124 Å². The highest BCUT2D eigenvalue weighted by molar-refractivity contribution is 5.49. The summed E-state index contributed by atoms with van der Waals surface area (Å²) in [5, 5.41) is 18.4. The molecule has 1 aliphatic carbocycles. The van der Waals surface area contributed by atoms with Crippen LogP contribution in [0.5, 0.6) is 11.5 Å². The fourth-order valence-corrected chi connectivity index (χ4v) is 2.50. The van der Waals surface area contributed by atoms with Crippen molar-refractivity contribution in [3.05, 3.63) is 58.9 Å². The molecule has 0 saturated heterocycles. The first-order valence-electron chi connectivity index (χ1n) is 6.47. The molecule has 3 nitrogen and oxygen atoms in total. The third kappa shape index (κ3) is 2.40. The Morgan fingerprint density at radius 2 is 2.05 bits per heavy atom. The number of aliphatic hydroxyl groups excluding tert-OH is 1. The van der Waals surface area contributed by atoms with Gasteiger partial charge in [0.25, 0.3) is 5.92 Å². The van der Waals surface area contributed by atoms with Gasteiger partial charge in [-0.1, -0.05) is 12.1 Å². The maximum Gasteiger partial charge on any atom is 0.281 e. The lowest BCUT2D eigenvalue weighted by atomic mass is 10.1. The standard InChI is InChI=1S/C16H10F3NO2/c17-10-4-9(8-20)5-11(6-10)22-14-3-1-2-12-13(14)7-16(18,19)15(12)21/h1-6,15,21H,7H2/t15-/m0/s1. The van der Waals surface area contributed by atoms with Crippen molar-refractivity contribution in [3.8, 4) is 17.6 Å². The van der Waals surface area contributed by atoms with Crippen LogP contribution in [0.15, 0.2) is 36.4 Å². The molecule has 0 amide bonds. The van der Waals surface area contributed by atoms with Gasteiger partial charge in [0.05, 0.1) is 11.6 Å². The lowest BCUT2D eigenvalue weighted by Gasteiger charge is -2.12. The number of benzene rings is 2. The van der Waals surface area contributed by atoms with Crippen molar-refractivity contribution in [3.63, 3.8) is 0 Å².